The van der Waals surface area contributed by atoms with Crippen molar-refractivity contribution in [1.29, 1.82) is 0 Å². The fourth-order valence-electron chi connectivity index (χ4n) is 2.25. The van der Waals surface area contributed by atoms with Gasteiger partial charge in [0.15, 0.2) is 11.5 Å². The monoisotopic (exact) mass is 292 g/mol. The van der Waals surface area contributed by atoms with E-state index in [1.165, 1.54) is 0 Å². The molecule has 0 saturated carbocycles. The number of nitrogens with zero attached hydrogens (tertiary/aromatic N) is 2. The summed E-state index contributed by atoms with van der Waals surface area (Å²) in [6, 6.07) is 15.1. The van der Waals surface area contributed by atoms with E-state index in [4.69, 9.17) is 4.74 Å². The predicted octanol–water partition coefficient (Wildman–Crippen LogP) is 4.09. The molecule has 3 rings (SSSR count). The first-order chi connectivity index (χ1) is 10.8. The first-order valence-electron chi connectivity index (χ1n) is 7.12. The molecule has 0 spiro atoms. The topological polar surface area (TPSA) is 54.7 Å². The number of phenols is 1. The quantitative estimate of drug-likeness (QED) is 0.737. The Kier molecular flexibility index (Phi) is 4.01. The molecule has 0 unspecified atom stereocenters. The van der Waals surface area contributed by atoms with Gasteiger partial charge in [-0.1, -0.05) is 24.3 Å². The molecule has 110 valence electrons. The molecule has 1 aromatic heterocycles. The molecule has 0 aliphatic heterocycles. The van der Waals surface area contributed by atoms with Crippen LogP contribution in [0, 0.1) is 0 Å². The zero-order valence-electron chi connectivity index (χ0n) is 12.2. The largest absolute Gasteiger partial charge is 0.504 e. The van der Waals surface area contributed by atoms with E-state index in [0.29, 0.717) is 17.9 Å². The van der Waals surface area contributed by atoms with Crippen LogP contribution in [0.4, 0.5) is 5.69 Å². The number of phenolic OH excluding ortho intramolecular Hbond substituents is 1. The van der Waals surface area contributed by atoms with Gasteiger partial charge >= 0.3 is 0 Å². The number of aromatic nitrogens is 1. The van der Waals surface area contributed by atoms with Gasteiger partial charge in [0.2, 0.25) is 0 Å². The van der Waals surface area contributed by atoms with E-state index in [1.807, 2.05) is 43.3 Å². The van der Waals surface area contributed by atoms with Gasteiger partial charge < -0.3 is 9.84 Å². The molecule has 22 heavy (non-hydrogen) atoms. The SMILES string of the molecule is CCOc1cccc(C=Nc2cccc3cccnc23)c1O. The van der Waals surface area contributed by atoms with Gasteiger partial charge in [0.25, 0.3) is 0 Å². The number of para-hydroxylation sites is 2. The van der Waals surface area contributed by atoms with Crippen LogP contribution in [-0.4, -0.2) is 22.9 Å². The fraction of sp³-hybridized carbons (Fsp3) is 0.111. The predicted molar refractivity (Wildman–Crippen MR) is 88.3 cm³/mol. The van der Waals surface area contributed by atoms with Crippen LogP contribution < -0.4 is 4.74 Å². The number of pyridine rings is 1. The third kappa shape index (κ3) is 2.76. The van der Waals surface area contributed by atoms with Crippen molar-refractivity contribution in [3.05, 3.63) is 60.3 Å². The molecule has 1 heterocycles. The normalized spacial score (nSPS) is 11.1. The lowest BCUT2D eigenvalue weighted by Gasteiger charge is -2.07. The molecule has 4 nitrogen and oxygen atoms in total. The summed E-state index contributed by atoms with van der Waals surface area (Å²) < 4.78 is 5.38. The molecule has 4 heteroatoms. The number of aromatic hydroxyl groups is 1. The Bertz CT molecular complexity index is 823. The van der Waals surface area contributed by atoms with Crippen molar-refractivity contribution in [3.63, 3.8) is 0 Å². The van der Waals surface area contributed by atoms with Crippen molar-refractivity contribution in [2.45, 2.75) is 6.92 Å². The van der Waals surface area contributed by atoms with Crippen molar-refractivity contribution >= 4 is 22.8 Å². The standard InChI is InChI=1S/C18H16N2O2/c1-2-22-16-10-4-7-14(18(16)21)12-20-15-9-3-6-13-8-5-11-19-17(13)15/h3-12,21H,2H2,1H3. The van der Waals surface area contributed by atoms with Crippen LogP contribution in [0.2, 0.25) is 0 Å². The summed E-state index contributed by atoms with van der Waals surface area (Å²) in [7, 11) is 0. The zero-order chi connectivity index (χ0) is 15.4. The van der Waals surface area contributed by atoms with Gasteiger partial charge in [0.05, 0.1) is 17.8 Å². The molecule has 0 atom stereocenters. The van der Waals surface area contributed by atoms with E-state index in [-0.39, 0.29) is 5.75 Å². The Morgan fingerprint density at radius 1 is 1.14 bits per heavy atom. The molecule has 0 bridgehead atoms. The molecule has 0 amide bonds. The summed E-state index contributed by atoms with van der Waals surface area (Å²) in [5.41, 5.74) is 2.21. The Labute approximate surface area is 128 Å². The maximum Gasteiger partial charge on any atom is 0.166 e. The number of ether oxygens (including phenoxy) is 1. The summed E-state index contributed by atoms with van der Waals surface area (Å²) in [6.07, 6.45) is 3.37. The minimum Gasteiger partial charge on any atom is -0.504 e. The van der Waals surface area contributed by atoms with Gasteiger partial charge in [-0.2, -0.15) is 0 Å². The lowest BCUT2D eigenvalue weighted by molar-refractivity contribution is 0.318. The van der Waals surface area contributed by atoms with Crippen molar-refractivity contribution in [2.75, 3.05) is 6.61 Å². The van der Waals surface area contributed by atoms with Crippen LogP contribution in [0.3, 0.4) is 0 Å². The number of fused-ring (bicyclic) bond motifs is 1. The highest BCUT2D eigenvalue weighted by Gasteiger charge is 2.06. The molecule has 0 aliphatic rings. The van der Waals surface area contributed by atoms with Crippen molar-refractivity contribution in [1.82, 2.24) is 4.98 Å². The number of hydrogen-bond donors (Lipinski definition) is 1. The maximum atomic E-state index is 10.2. The molecular formula is C18H16N2O2. The molecule has 0 fully saturated rings. The average molecular weight is 292 g/mol. The van der Waals surface area contributed by atoms with Gasteiger partial charge in [-0.05, 0) is 31.2 Å². The minimum atomic E-state index is 0.0984. The van der Waals surface area contributed by atoms with Crippen LogP contribution in [0.25, 0.3) is 10.9 Å². The van der Waals surface area contributed by atoms with Crippen LogP contribution in [0.5, 0.6) is 11.5 Å². The van der Waals surface area contributed by atoms with Gasteiger partial charge in [0, 0.05) is 23.4 Å². The van der Waals surface area contributed by atoms with Crippen LogP contribution >= 0.6 is 0 Å². The third-order valence-corrected chi connectivity index (χ3v) is 3.28. The van der Waals surface area contributed by atoms with Gasteiger partial charge in [-0.3, -0.25) is 9.98 Å². The van der Waals surface area contributed by atoms with Gasteiger partial charge in [-0.15, -0.1) is 0 Å². The van der Waals surface area contributed by atoms with Crippen molar-refractivity contribution < 1.29 is 9.84 Å². The molecule has 0 radical (unpaired) electrons. The second-order valence-electron chi connectivity index (χ2n) is 4.74. The number of rotatable bonds is 4. The number of aliphatic imine (C=N–C) groups is 1. The highest BCUT2D eigenvalue weighted by molar-refractivity contribution is 5.93. The highest BCUT2D eigenvalue weighted by atomic mass is 16.5. The second-order valence-corrected chi connectivity index (χ2v) is 4.74. The maximum absolute atomic E-state index is 10.2. The second kappa shape index (κ2) is 6.26. The molecule has 0 saturated heterocycles. The van der Waals surface area contributed by atoms with E-state index in [1.54, 1.807) is 24.5 Å². The van der Waals surface area contributed by atoms with Gasteiger partial charge in [0.1, 0.15) is 0 Å². The summed E-state index contributed by atoms with van der Waals surface area (Å²) in [6.45, 7) is 2.38. The van der Waals surface area contributed by atoms with Crippen molar-refractivity contribution in [3.8, 4) is 11.5 Å². The van der Waals surface area contributed by atoms with Crippen molar-refractivity contribution in [2.24, 2.45) is 4.99 Å². The fourth-order valence-corrected chi connectivity index (χ4v) is 2.25. The minimum absolute atomic E-state index is 0.0984. The number of benzene rings is 2. The van der Waals surface area contributed by atoms with E-state index in [2.05, 4.69) is 9.98 Å². The lowest BCUT2D eigenvalue weighted by Crippen LogP contribution is -1.93. The Morgan fingerprint density at radius 2 is 1.95 bits per heavy atom. The average Bonchev–Trinajstić information content (AvgIpc) is 2.56. The summed E-state index contributed by atoms with van der Waals surface area (Å²) in [5, 5.41) is 11.2. The highest BCUT2D eigenvalue weighted by Crippen LogP contribution is 2.29. The molecule has 2 aromatic carbocycles. The summed E-state index contributed by atoms with van der Waals surface area (Å²) in [4.78, 5) is 8.83. The van der Waals surface area contributed by atoms with E-state index < -0.39 is 0 Å². The Balaban J connectivity index is 1.98. The van der Waals surface area contributed by atoms with Crippen LogP contribution in [0.1, 0.15) is 12.5 Å². The zero-order valence-corrected chi connectivity index (χ0v) is 12.2. The third-order valence-electron chi connectivity index (χ3n) is 3.28. The lowest BCUT2D eigenvalue weighted by atomic mass is 10.2. The summed E-state index contributed by atoms with van der Waals surface area (Å²) in [5.74, 6) is 0.559. The smallest absolute Gasteiger partial charge is 0.166 e. The molecule has 1 N–H and O–H groups in total. The Morgan fingerprint density at radius 3 is 2.82 bits per heavy atom. The van der Waals surface area contributed by atoms with E-state index in [9.17, 15) is 5.11 Å². The van der Waals surface area contributed by atoms with E-state index in [0.717, 1.165) is 16.6 Å². The first kappa shape index (κ1) is 14.1. The van der Waals surface area contributed by atoms with Crippen LogP contribution in [-0.2, 0) is 0 Å². The molecule has 0 aliphatic carbocycles. The van der Waals surface area contributed by atoms with E-state index >= 15 is 0 Å². The van der Waals surface area contributed by atoms with Crippen LogP contribution in [0.15, 0.2) is 59.7 Å². The van der Waals surface area contributed by atoms with Gasteiger partial charge in [-0.25, -0.2) is 0 Å². The first-order valence-corrected chi connectivity index (χ1v) is 7.12. The Hall–Kier alpha value is -2.88. The molecule has 3 aromatic rings. The molecular weight excluding hydrogens is 276 g/mol. The number of hydrogen-bond acceptors (Lipinski definition) is 4. The summed E-state index contributed by atoms with van der Waals surface area (Å²) >= 11 is 0.